The first-order chi connectivity index (χ1) is 11.0. The lowest BCUT2D eigenvalue weighted by molar-refractivity contribution is 0.243. The summed E-state index contributed by atoms with van der Waals surface area (Å²) in [6.07, 6.45) is 1.96. The molecule has 23 heavy (non-hydrogen) atoms. The first kappa shape index (κ1) is 15.5. The molecule has 0 aliphatic heterocycles. The van der Waals surface area contributed by atoms with Crippen LogP contribution >= 0.6 is 0 Å². The van der Waals surface area contributed by atoms with Crippen molar-refractivity contribution in [3.8, 4) is 16.9 Å². The van der Waals surface area contributed by atoms with Gasteiger partial charge in [0, 0.05) is 11.6 Å². The molecule has 2 heteroatoms. The van der Waals surface area contributed by atoms with Gasteiger partial charge in [-0.25, -0.2) is 0 Å². The fourth-order valence-electron chi connectivity index (χ4n) is 3.10. The molecule has 0 saturated heterocycles. The fraction of sp³-hybridized carbons (Fsp3) is 0.286. The topological polar surface area (TPSA) is 22.1 Å². The van der Waals surface area contributed by atoms with E-state index in [9.17, 15) is 0 Å². The van der Waals surface area contributed by atoms with E-state index in [2.05, 4.69) is 56.1 Å². The van der Waals surface area contributed by atoms with Crippen LogP contribution in [0.4, 0.5) is 0 Å². The summed E-state index contributed by atoms with van der Waals surface area (Å²) in [5.41, 5.74) is 7.07. The number of nitrogens with zero attached hydrogens (tertiary/aromatic N) is 1. The molecule has 0 amide bonds. The summed E-state index contributed by atoms with van der Waals surface area (Å²) in [7, 11) is 0. The molecule has 3 rings (SSSR count). The van der Waals surface area contributed by atoms with Crippen molar-refractivity contribution >= 4 is 10.9 Å². The molecule has 0 spiro atoms. The van der Waals surface area contributed by atoms with Crippen molar-refractivity contribution in [2.45, 2.75) is 40.7 Å². The summed E-state index contributed by atoms with van der Waals surface area (Å²) in [5, 5.41) is 1.14. The predicted octanol–water partition coefficient (Wildman–Crippen LogP) is 5.61. The zero-order valence-corrected chi connectivity index (χ0v) is 14.5. The second-order valence-corrected chi connectivity index (χ2v) is 6.51. The highest BCUT2D eigenvalue weighted by Crippen LogP contribution is 2.37. The molecule has 0 N–H and O–H groups in total. The Hall–Kier alpha value is -2.35. The van der Waals surface area contributed by atoms with Crippen molar-refractivity contribution in [2.75, 3.05) is 0 Å². The van der Waals surface area contributed by atoms with Gasteiger partial charge in [-0.05, 0) is 63.4 Å². The Bertz CT molecular complexity index is 845. The summed E-state index contributed by atoms with van der Waals surface area (Å²) in [4.78, 5) is 4.60. The molecule has 1 heterocycles. The van der Waals surface area contributed by atoms with Crippen molar-refractivity contribution in [1.29, 1.82) is 0 Å². The summed E-state index contributed by atoms with van der Waals surface area (Å²) in [5.74, 6) is 0.892. The fourth-order valence-corrected chi connectivity index (χ4v) is 3.10. The number of hydrogen-bond acceptors (Lipinski definition) is 2. The predicted molar refractivity (Wildman–Crippen MR) is 97.2 cm³/mol. The van der Waals surface area contributed by atoms with Crippen molar-refractivity contribution < 1.29 is 4.74 Å². The monoisotopic (exact) mass is 305 g/mol. The standard InChI is InChI=1S/C21H23NO/c1-13(2)23-21-16(5)12-19(18-7-6-8-22-20(18)21)17-10-14(3)9-15(4)11-17/h6-13H,1-5H3. The van der Waals surface area contributed by atoms with Crippen LogP contribution in [0.5, 0.6) is 5.75 Å². The number of aryl methyl sites for hydroxylation is 3. The lowest BCUT2D eigenvalue weighted by Crippen LogP contribution is -2.08. The van der Waals surface area contributed by atoms with Crippen LogP contribution in [0.25, 0.3) is 22.0 Å². The van der Waals surface area contributed by atoms with Crippen LogP contribution in [0.3, 0.4) is 0 Å². The molecule has 0 aliphatic carbocycles. The number of aromatic nitrogens is 1. The molecule has 0 unspecified atom stereocenters. The summed E-state index contributed by atoms with van der Waals surface area (Å²) >= 11 is 0. The normalized spacial score (nSPS) is 11.2. The highest BCUT2D eigenvalue weighted by atomic mass is 16.5. The summed E-state index contributed by atoms with van der Waals surface area (Å²) in [6, 6.07) is 13.0. The summed E-state index contributed by atoms with van der Waals surface area (Å²) in [6.45, 7) is 10.5. The smallest absolute Gasteiger partial charge is 0.148 e. The highest BCUT2D eigenvalue weighted by Gasteiger charge is 2.14. The third-order valence-electron chi connectivity index (χ3n) is 3.92. The molecule has 0 aliphatic rings. The van der Waals surface area contributed by atoms with E-state index in [0.29, 0.717) is 0 Å². The third-order valence-corrected chi connectivity index (χ3v) is 3.92. The SMILES string of the molecule is Cc1cc(C)cc(-c2cc(C)c(OC(C)C)c3ncccc23)c1. The summed E-state index contributed by atoms with van der Waals surface area (Å²) < 4.78 is 6.03. The molecular weight excluding hydrogens is 282 g/mol. The largest absolute Gasteiger partial charge is 0.488 e. The van der Waals surface area contributed by atoms with Crippen LogP contribution in [0.15, 0.2) is 42.6 Å². The molecule has 2 nitrogen and oxygen atoms in total. The lowest BCUT2D eigenvalue weighted by Gasteiger charge is -2.17. The van der Waals surface area contributed by atoms with Crippen molar-refractivity contribution in [3.05, 3.63) is 59.3 Å². The third kappa shape index (κ3) is 3.07. The van der Waals surface area contributed by atoms with E-state index in [-0.39, 0.29) is 6.10 Å². The van der Waals surface area contributed by atoms with Gasteiger partial charge in [0.25, 0.3) is 0 Å². The van der Waals surface area contributed by atoms with E-state index in [1.54, 1.807) is 0 Å². The minimum Gasteiger partial charge on any atom is -0.488 e. The maximum atomic E-state index is 6.03. The zero-order valence-electron chi connectivity index (χ0n) is 14.5. The second-order valence-electron chi connectivity index (χ2n) is 6.51. The van der Waals surface area contributed by atoms with Crippen molar-refractivity contribution in [3.63, 3.8) is 0 Å². The van der Waals surface area contributed by atoms with Crippen LogP contribution < -0.4 is 4.74 Å². The molecular formula is C21H23NO. The van der Waals surface area contributed by atoms with Gasteiger partial charge in [0.15, 0.2) is 0 Å². The maximum Gasteiger partial charge on any atom is 0.148 e. The van der Waals surface area contributed by atoms with Gasteiger partial charge in [-0.2, -0.15) is 0 Å². The minimum atomic E-state index is 0.131. The Morgan fingerprint density at radius 1 is 0.957 bits per heavy atom. The number of hydrogen-bond donors (Lipinski definition) is 0. The molecule has 0 bridgehead atoms. The Morgan fingerprint density at radius 2 is 1.65 bits per heavy atom. The maximum absolute atomic E-state index is 6.03. The van der Waals surface area contributed by atoms with Gasteiger partial charge >= 0.3 is 0 Å². The molecule has 3 aromatic rings. The Labute approximate surface area is 138 Å². The highest BCUT2D eigenvalue weighted by molar-refractivity contribution is 5.99. The van der Waals surface area contributed by atoms with E-state index in [0.717, 1.165) is 22.2 Å². The van der Waals surface area contributed by atoms with Crippen molar-refractivity contribution in [1.82, 2.24) is 4.98 Å². The van der Waals surface area contributed by atoms with Crippen LogP contribution in [0.1, 0.15) is 30.5 Å². The van der Waals surface area contributed by atoms with Gasteiger partial charge in [-0.15, -0.1) is 0 Å². The zero-order chi connectivity index (χ0) is 16.6. The van der Waals surface area contributed by atoms with E-state index >= 15 is 0 Å². The number of fused-ring (bicyclic) bond motifs is 1. The van der Waals surface area contributed by atoms with Crippen LogP contribution in [0.2, 0.25) is 0 Å². The first-order valence-corrected chi connectivity index (χ1v) is 8.09. The first-order valence-electron chi connectivity index (χ1n) is 8.09. The van der Waals surface area contributed by atoms with Crippen molar-refractivity contribution in [2.24, 2.45) is 0 Å². The van der Waals surface area contributed by atoms with E-state index in [4.69, 9.17) is 4.74 Å². The van der Waals surface area contributed by atoms with E-state index in [1.165, 1.54) is 22.3 Å². The average molecular weight is 305 g/mol. The molecule has 118 valence electrons. The molecule has 0 atom stereocenters. The van der Waals surface area contributed by atoms with Gasteiger partial charge in [-0.1, -0.05) is 35.4 Å². The molecule has 1 aromatic heterocycles. The number of rotatable bonds is 3. The van der Waals surface area contributed by atoms with Crippen LogP contribution in [-0.4, -0.2) is 11.1 Å². The number of benzene rings is 2. The molecule has 2 aromatic carbocycles. The minimum absolute atomic E-state index is 0.131. The van der Waals surface area contributed by atoms with Crippen LogP contribution in [0, 0.1) is 20.8 Å². The lowest BCUT2D eigenvalue weighted by atomic mass is 9.95. The number of pyridine rings is 1. The average Bonchev–Trinajstić information content (AvgIpc) is 2.48. The molecule has 0 saturated carbocycles. The van der Waals surface area contributed by atoms with Gasteiger partial charge in [0.05, 0.1) is 6.10 Å². The van der Waals surface area contributed by atoms with E-state index in [1.807, 2.05) is 26.1 Å². The van der Waals surface area contributed by atoms with Crippen LogP contribution in [-0.2, 0) is 0 Å². The van der Waals surface area contributed by atoms with Gasteiger partial charge in [0.1, 0.15) is 11.3 Å². The van der Waals surface area contributed by atoms with Gasteiger partial charge < -0.3 is 4.74 Å². The molecule has 0 fully saturated rings. The number of ether oxygens (including phenoxy) is 1. The second kappa shape index (κ2) is 6.04. The Kier molecular flexibility index (Phi) is 4.08. The quantitative estimate of drug-likeness (QED) is 0.627. The Morgan fingerprint density at radius 3 is 2.30 bits per heavy atom. The van der Waals surface area contributed by atoms with E-state index < -0.39 is 0 Å². The Balaban J connectivity index is 2.30. The van der Waals surface area contributed by atoms with Gasteiger partial charge in [-0.3, -0.25) is 4.98 Å². The van der Waals surface area contributed by atoms with Gasteiger partial charge in [0.2, 0.25) is 0 Å². The molecule has 0 radical (unpaired) electrons.